The normalized spacial score (nSPS) is 11.2. The van der Waals surface area contributed by atoms with Crippen LogP contribution in [0.15, 0.2) is 76.2 Å². The summed E-state index contributed by atoms with van der Waals surface area (Å²) >= 11 is 5.90. The number of hydrogen-bond acceptors (Lipinski definition) is 5. The molecule has 0 atom stereocenters. The predicted octanol–water partition coefficient (Wildman–Crippen LogP) is 4.19. The van der Waals surface area contributed by atoms with E-state index in [1.807, 2.05) is 49.4 Å². The summed E-state index contributed by atoms with van der Waals surface area (Å²) in [5.74, 6) is 0. The van der Waals surface area contributed by atoms with Crippen LogP contribution in [0.5, 0.6) is 0 Å². The van der Waals surface area contributed by atoms with Crippen molar-refractivity contribution < 1.29 is 4.42 Å². The van der Waals surface area contributed by atoms with Crippen LogP contribution in [0.25, 0.3) is 33.6 Å². The average molecular weight is 404 g/mol. The molecule has 0 N–H and O–H groups in total. The summed E-state index contributed by atoms with van der Waals surface area (Å²) in [5, 5.41) is 14.4. The molecule has 0 spiro atoms. The summed E-state index contributed by atoms with van der Waals surface area (Å²) in [4.78, 5) is 14.0. The van der Waals surface area contributed by atoms with Gasteiger partial charge in [-0.3, -0.25) is 0 Å². The van der Waals surface area contributed by atoms with Crippen LogP contribution in [0.2, 0.25) is 5.02 Å². The second-order valence-corrected chi connectivity index (χ2v) is 6.97. The monoisotopic (exact) mass is 403 g/mol. The lowest BCUT2D eigenvalue weighted by atomic mass is 10.1. The Morgan fingerprint density at radius 3 is 2.62 bits per heavy atom. The number of halogens is 1. The Bertz CT molecular complexity index is 1400. The molecule has 7 nitrogen and oxygen atoms in total. The molecule has 0 radical (unpaired) electrons. The van der Waals surface area contributed by atoms with Crippen LogP contribution in [-0.2, 0) is 0 Å². The molecule has 3 heterocycles. The van der Waals surface area contributed by atoms with Crippen LogP contribution < -0.4 is 5.63 Å². The van der Waals surface area contributed by atoms with Crippen molar-refractivity contribution in [1.82, 2.24) is 24.8 Å². The number of rotatable bonds is 3. The first-order valence-corrected chi connectivity index (χ1v) is 9.24. The van der Waals surface area contributed by atoms with Gasteiger partial charge in [0.1, 0.15) is 11.3 Å². The van der Waals surface area contributed by atoms with Gasteiger partial charge in [-0.2, -0.15) is 15.0 Å². The molecule has 0 saturated carbocycles. The summed E-state index contributed by atoms with van der Waals surface area (Å²) in [6.07, 6.45) is 3.01. The molecule has 5 aromatic rings. The number of benzene rings is 2. The van der Waals surface area contributed by atoms with E-state index in [1.165, 1.54) is 15.7 Å². The minimum Gasteiger partial charge on any atom is -0.421 e. The minimum atomic E-state index is -0.510. The van der Waals surface area contributed by atoms with Gasteiger partial charge in [0.25, 0.3) is 0 Å². The lowest BCUT2D eigenvalue weighted by molar-refractivity contribution is 0.551. The van der Waals surface area contributed by atoms with E-state index in [-0.39, 0.29) is 5.69 Å². The quantitative estimate of drug-likeness (QED) is 0.422. The van der Waals surface area contributed by atoms with Gasteiger partial charge < -0.3 is 4.42 Å². The Labute approximate surface area is 169 Å². The molecule has 0 unspecified atom stereocenters. The van der Waals surface area contributed by atoms with Gasteiger partial charge in [-0.15, -0.1) is 5.10 Å². The van der Waals surface area contributed by atoms with Crippen molar-refractivity contribution in [2.45, 2.75) is 6.92 Å². The third kappa shape index (κ3) is 3.11. The van der Waals surface area contributed by atoms with E-state index >= 15 is 0 Å². The molecule has 2 aromatic carbocycles. The molecule has 0 aliphatic rings. The first-order chi connectivity index (χ1) is 14.1. The van der Waals surface area contributed by atoms with Gasteiger partial charge in [0.05, 0.1) is 22.6 Å². The van der Waals surface area contributed by atoms with Crippen molar-refractivity contribution in [3.63, 3.8) is 0 Å². The number of fused-ring (bicyclic) bond motifs is 1. The first-order valence-electron chi connectivity index (χ1n) is 8.87. The van der Waals surface area contributed by atoms with Gasteiger partial charge in [0.2, 0.25) is 0 Å². The maximum Gasteiger partial charge on any atom is 0.362 e. The minimum absolute atomic E-state index is 0.288. The predicted molar refractivity (Wildman–Crippen MR) is 110 cm³/mol. The topological polar surface area (TPSA) is 78.7 Å². The molecule has 3 aromatic heterocycles. The third-order valence-electron chi connectivity index (χ3n) is 4.56. The molecule has 0 aliphatic carbocycles. The molecule has 0 fully saturated rings. The van der Waals surface area contributed by atoms with Crippen LogP contribution in [0.1, 0.15) is 5.69 Å². The Kier molecular flexibility index (Phi) is 4.03. The molecule has 142 valence electrons. The average Bonchev–Trinajstić information content (AvgIpc) is 3.33. The Morgan fingerprint density at radius 1 is 1.03 bits per heavy atom. The fraction of sp³-hybridized carbons (Fsp3) is 0.0476. The van der Waals surface area contributed by atoms with Crippen molar-refractivity contribution in [2.75, 3.05) is 0 Å². The van der Waals surface area contributed by atoms with Gasteiger partial charge in [-0.25, -0.2) is 9.48 Å². The Hall–Kier alpha value is -3.71. The highest BCUT2D eigenvalue weighted by atomic mass is 35.5. The fourth-order valence-corrected chi connectivity index (χ4v) is 3.30. The van der Waals surface area contributed by atoms with Crippen molar-refractivity contribution in [3.05, 3.63) is 88.1 Å². The van der Waals surface area contributed by atoms with Crippen molar-refractivity contribution in [1.29, 1.82) is 0 Å². The SMILES string of the molecule is Cc1nn(-c2ccc3cc(-n4cc(Cl)cn4)c(=O)oc3c2)nc1-c1ccccc1. The van der Waals surface area contributed by atoms with Crippen LogP contribution in [0, 0.1) is 6.92 Å². The van der Waals surface area contributed by atoms with E-state index in [4.69, 9.17) is 16.0 Å². The number of aryl methyl sites for hydroxylation is 1. The van der Waals surface area contributed by atoms with Crippen molar-refractivity contribution in [2.24, 2.45) is 0 Å². The fourth-order valence-electron chi connectivity index (χ4n) is 3.16. The van der Waals surface area contributed by atoms with Crippen molar-refractivity contribution >= 4 is 22.6 Å². The third-order valence-corrected chi connectivity index (χ3v) is 4.75. The second-order valence-electron chi connectivity index (χ2n) is 6.53. The van der Waals surface area contributed by atoms with E-state index in [1.54, 1.807) is 18.3 Å². The summed E-state index contributed by atoms with van der Waals surface area (Å²) in [6, 6.07) is 17.0. The Morgan fingerprint density at radius 2 is 1.86 bits per heavy atom. The molecule has 0 amide bonds. The molecule has 0 bridgehead atoms. The number of hydrogen-bond donors (Lipinski definition) is 0. The van der Waals surface area contributed by atoms with E-state index < -0.39 is 5.63 Å². The largest absolute Gasteiger partial charge is 0.421 e. The van der Waals surface area contributed by atoms with E-state index in [2.05, 4.69) is 15.3 Å². The lowest BCUT2D eigenvalue weighted by Gasteiger charge is -2.04. The van der Waals surface area contributed by atoms with Crippen LogP contribution in [-0.4, -0.2) is 24.8 Å². The van der Waals surface area contributed by atoms with Crippen LogP contribution in [0.4, 0.5) is 0 Å². The molecule has 0 aliphatic heterocycles. The smallest absolute Gasteiger partial charge is 0.362 e. The molecule has 29 heavy (non-hydrogen) atoms. The van der Waals surface area contributed by atoms with Gasteiger partial charge in [0, 0.05) is 23.2 Å². The molecule has 8 heteroatoms. The number of aromatic nitrogens is 5. The summed E-state index contributed by atoms with van der Waals surface area (Å²) in [5.41, 5.74) is 3.51. The summed E-state index contributed by atoms with van der Waals surface area (Å²) in [7, 11) is 0. The zero-order valence-corrected chi connectivity index (χ0v) is 16.0. The molecule has 5 rings (SSSR count). The molecule has 0 saturated heterocycles. The van der Waals surface area contributed by atoms with E-state index in [0.717, 1.165) is 22.3 Å². The second kappa shape index (κ2) is 6.72. The van der Waals surface area contributed by atoms with E-state index in [0.29, 0.717) is 16.3 Å². The first kappa shape index (κ1) is 17.4. The van der Waals surface area contributed by atoms with Crippen molar-refractivity contribution in [3.8, 4) is 22.6 Å². The van der Waals surface area contributed by atoms with Gasteiger partial charge in [0.15, 0.2) is 5.69 Å². The standard InChI is InChI=1S/C21H14ClN5O2/c1-13-20(14-5-3-2-4-6-14)25-27(24-13)17-8-7-15-9-18(21(28)29-19(15)10-17)26-12-16(22)11-23-26/h2-12H,1H3. The van der Waals surface area contributed by atoms with Gasteiger partial charge >= 0.3 is 5.63 Å². The molecular formula is C21H14ClN5O2. The Balaban J connectivity index is 1.58. The van der Waals surface area contributed by atoms with E-state index in [9.17, 15) is 4.79 Å². The van der Waals surface area contributed by atoms with Crippen LogP contribution in [0.3, 0.4) is 0 Å². The maximum absolute atomic E-state index is 12.4. The van der Waals surface area contributed by atoms with Gasteiger partial charge in [-0.05, 0) is 25.1 Å². The molecular weight excluding hydrogens is 390 g/mol. The van der Waals surface area contributed by atoms with Crippen LogP contribution >= 0.6 is 11.6 Å². The highest BCUT2D eigenvalue weighted by molar-refractivity contribution is 6.30. The zero-order chi connectivity index (χ0) is 20.0. The zero-order valence-electron chi connectivity index (χ0n) is 15.3. The maximum atomic E-state index is 12.4. The van der Waals surface area contributed by atoms with Gasteiger partial charge in [-0.1, -0.05) is 41.9 Å². The summed E-state index contributed by atoms with van der Waals surface area (Å²) in [6.45, 7) is 1.91. The lowest BCUT2D eigenvalue weighted by Crippen LogP contribution is -2.10. The highest BCUT2D eigenvalue weighted by Gasteiger charge is 2.13. The highest BCUT2D eigenvalue weighted by Crippen LogP contribution is 2.23. The number of nitrogens with zero attached hydrogens (tertiary/aromatic N) is 5. The summed E-state index contributed by atoms with van der Waals surface area (Å²) < 4.78 is 6.91.